The second-order valence-corrected chi connectivity index (χ2v) is 4.73. The van der Waals surface area contributed by atoms with Gasteiger partial charge in [-0.1, -0.05) is 27.5 Å². The first-order chi connectivity index (χ1) is 6.97. The van der Waals surface area contributed by atoms with E-state index >= 15 is 0 Å². The highest BCUT2D eigenvalue weighted by molar-refractivity contribution is 14.1. The van der Waals surface area contributed by atoms with Crippen LogP contribution in [0.5, 0.6) is 0 Å². The van der Waals surface area contributed by atoms with Crippen molar-refractivity contribution in [2.75, 3.05) is 5.33 Å². The molecule has 0 heterocycles. The van der Waals surface area contributed by atoms with Crippen molar-refractivity contribution in [1.29, 1.82) is 0 Å². The first kappa shape index (κ1) is 12.9. The number of rotatable bonds is 3. The lowest BCUT2D eigenvalue weighted by Gasteiger charge is -2.02. The average Bonchev–Trinajstić information content (AvgIpc) is 2.20. The van der Waals surface area contributed by atoms with Crippen LogP contribution < -0.4 is 0 Å². The maximum atomic E-state index is 11.4. The second kappa shape index (κ2) is 5.22. The fourth-order valence-corrected chi connectivity index (χ4v) is 1.91. The molecule has 0 N–H and O–H groups in total. The number of carbonyl (C=O) groups excluding carboxylic acids is 1. The Balaban J connectivity index is 3.41. The molecular weight excluding hydrogens is 400 g/mol. The van der Waals surface area contributed by atoms with E-state index in [4.69, 9.17) is 11.6 Å². The summed E-state index contributed by atoms with van der Waals surface area (Å²) >= 11 is 10.6. The highest BCUT2D eigenvalue weighted by atomic mass is 127. The largest absolute Gasteiger partial charge is 0.293 e. The van der Waals surface area contributed by atoms with E-state index in [1.807, 2.05) is 22.6 Å². The van der Waals surface area contributed by atoms with Gasteiger partial charge in [0.05, 0.1) is 20.8 Å². The Morgan fingerprint density at radius 1 is 1.60 bits per heavy atom. The van der Waals surface area contributed by atoms with Crippen LogP contribution >= 0.6 is 50.1 Å². The zero-order valence-electron chi connectivity index (χ0n) is 7.17. The summed E-state index contributed by atoms with van der Waals surface area (Å²) < 4.78 is 0.615. The molecule has 80 valence electrons. The molecule has 0 spiro atoms. The lowest BCUT2D eigenvalue weighted by Crippen LogP contribution is -2.05. The number of nitro groups is 1. The van der Waals surface area contributed by atoms with Gasteiger partial charge in [0.15, 0.2) is 5.78 Å². The summed E-state index contributed by atoms with van der Waals surface area (Å²) in [7, 11) is 0. The van der Waals surface area contributed by atoms with Crippen LogP contribution in [0.25, 0.3) is 0 Å². The topological polar surface area (TPSA) is 60.2 Å². The Kier molecular flexibility index (Phi) is 4.47. The van der Waals surface area contributed by atoms with Crippen molar-refractivity contribution in [3.8, 4) is 0 Å². The van der Waals surface area contributed by atoms with E-state index < -0.39 is 4.92 Å². The van der Waals surface area contributed by atoms with Gasteiger partial charge in [-0.25, -0.2) is 0 Å². The van der Waals surface area contributed by atoms with E-state index in [0.29, 0.717) is 3.57 Å². The molecule has 0 saturated heterocycles. The standard InChI is InChI=1S/C8H4BrClINO3/c9-3-8(13)4-1-6(11)5(10)2-7(4)12(14)15/h1-2H,3H2. The molecule has 0 aliphatic heterocycles. The molecule has 1 rings (SSSR count). The van der Waals surface area contributed by atoms with Crippen molar-refractivity contribution in [1.82, 2.24) is 0 Å². The molecule has 0 atom stereocenters. The van der Waals surface area contributed by atoms with Crippen molar-refractivity contribution in [3.05, 3.63) is 36.4 Å². The zero-order valence-corrected chi connectivity index (χ0v) is 11.7. The predicted octanol–water partition coefficient (Wildman–Crippen LogP) is 3.43. The summed E-state index contributed by atoms with van der Waals surface area (Å²) in [4.78, 5) is 21.5. The molecule has 15 heavy (non-hydrogen) atoms. The van der Waals surface area contributed by atoms with Gasteiger partial charge in [-0.05, 0) is 28.7 Å². The monoisotopic (exact) mass is 403 g/mol. The van der Waals surface area contributed by atoms with Crippen LogP contribution in [-0.4, -0.2) is 16.0 Å². The predicted molar refractivity (Wildman–Crippen MR) is 68.9 cm³/mol. The summed E-state index contributed by atoms with van der Waals surface area (Å²) in [5, 5.41) is 11.0. The summed E-state index contributed by atoms with van der Waals surface area (Å²) in [6.45, 7) is 0. The number of hydrogen-bond acceptors (Lipinski definition) is 3. The van der Waals surface area contributed by atoms with Gasteiger partial charge in [-0.15, -0.1) is 0 Å². The number of hydrogen-bond donors (Lipinski definition) is 0. The fraction of sp³-hybridized carbons (Fsp3) is 0.125. The van der Waals surface area contributed by atoms with Gasteiger partial charge in [0, 0.05) is 9.64 Å². The van der Waals surface area contributed by atoms with Gasteiger partial charge in [-0.3, -0.25) is 14.9 Å². The van der Waals surface area contributed by atoms with E-state index in [0.717, 1.165) is 0 Å². The van der Waals surface area contributed by atoms with Gasteiger partial charge in [0.2, 0.25) is 0 Å². The smallest absolute Gasteiger partial charge is 0.281 e. The van der Waals surface area contributed by atoms with Crippen LogP contribution in [0.15, 0.2) is 12.1 Å². The molecule has 0 unspecified atom stereocenters. The number of benzene rings is 1. The molecule has 0 aliphatic carbocycles. The quantitative estimate of drug-likeness (QED) is 0.255. The lowest BCUT2D eigenvalue weighted by molar-refractivity contribution is -0.385. The normalized spacial score (nSPS) is 10.1. The van der Waals surface area contributed by atoms with Gasteiger partial charge in [0.1, 0.15) is 0 Å². The van der Waals surface area contributed by atoms with E-state index in [2.05, 4.69) is 15.9 Å². The van der Waals surface area contributed by atoms with Crippen LogP contribution in [0.3, 0.4) is 0 Å². The first-order valence-electron chi connectivity index (χ1n) is 3.70. The third-order valence-electron chi connectivity index (χ3n) is 1.66. The van der Waals surface area contributed by atoms with Crippen LogP contribution in [0.2, 0.25) is 5.02 Å². The van der Waals surface area contributed by atoms with Gasteiger partial charge in [0.25, 0.3) is 5.69 Å². The van der Waals surface area contributed by atoms with Gasteiger partial charge in [-0.2, -0.15) is 0 Å². The lowest BCUT2D eigenvalue weighted by atomic mass is 10.1. The molecule has 4 nitrogen and oxygen atoms in total. The second-order valence-electron chi connectivity index (χ2n) is 2.60. The highest BCUT2D eigenvalue weighted by Crippen LogP contribution is 2.28. The Morgan fingerprint density at radius 3 is 2.67 bits per heavy atom. The maximum absolute atomic E-state index is 11.4. The minimum atomic E-state index is -0.613. The molecule has 0 fully saturated rings. The van der Waals surface area contributed by atoms with Crippen molar-refractivity contribution in [3.63, 3.8) is 0 Å². The molecule has 7 heteroatoms. The number of ketones is 1. The summed E-state index contributed by atoms with van der Waals surface area (Å²) in [5.41, 5.74) is -0.185. The summed E-state index contributed by atoms with van der Waals surface area (Å²) in [5.74, 6) is -0.337. The number of carbonyl (C=O) groups is 1. The Hall–Kier alpha value is -0.210. The molecule has 0 bridgehead atoms. The molecule has 0 saturated carbocycles. The SMILES string of the molecule is O=C(CBr)c1cc(I)c(Cl)cc1[N+](=O)[O-]. The molecular formula is C8H4BrClINO3. The Labute approximate surface area is 112 Å². The first-order valence-corrected chi connectivity index (χ1v) is 6.27. The number of nitro benzene ring substituents is 1. The van der Waals surface area contributed by atoms with Crippen molar-refractivity contribution >= 4 is 61.6 Å². The number of halogens is 3. The Morgan fingerprint density at radius 2 is 2.20 bits per heavy atom. The minimum absolute atomic E-state index is 0.0472. The molecule has 0 aromatic heterocycles. The zero-order chi connectivity index (χ0) is 11.6. The average molecular weight is 404 g/mol. The van der Waals surface area contributed by atoms with Gasteiger partial charge < -0.3 is 0 Å². The van der Waals surface area contributed by atoms with E-state index in [-0.39, 0.29) is 27.4 Å². The summed E-state index contributed by atoms with van der Waals surface area (Å²) in [6, 6.07) is 2.61. The number of Topliss-reactive ketones (excluding diaryl/α,β-unsaturated/α-hetero) is 1. The minimum Gasteiger partial charge on any atom is -0.293 e. The molecule has 0 aliphatic rings. The summed E-state index contributed by atoms with van der Waals surface area (Å²) in [6.07, 6.45) is 0. The van der Waals surface area contributed by atoms with E-state index in [9.17, 15) is 14.9 Å². The fourth-order valence-electron chi connectivity index (χ4n) is 0.983. The van der Waals surface area contributed by atoms with Crippen LogP contribution in [-0.2, 0) is 0 Å². The third kappa shape index (κ3) is 2.88. The molecule has 1 aromatic rings. The molecule has 0 amide bonds. The highest BCUT2D eigenvalue weighted by Gasteiger charge is 2.21. The van der Waals surface area contributed by atoms with Crippen molar-refractivity contribution in [2.45, 2.75) is 0 Å². The number of alkyl halides is 1. The van der Waals surface area contributed by atoms with Crippen LogP contribution in [0, 0.1) is 13.7 Å². The molecule has 0 radical (unpaired) electrons. The van der Waals surface area contributed by atoms with Crippen LogP contribution in [0.4, 0.5) is 5.69 Å². The van der Waals surface area contributed by atoms with E-state index in [1.54, 1.807) is 0 Å². The van der Waals surface area contributed by atoms with Crippen molar-refractivity contribution < 1.29 is 9.72 Å². The van der Waals surface area contributed by atoms with Gasteiger partial charge >= 0.3 is 0 Å². The number of nitrogens with zero attached hydrogens (tertiary/aromatic N) is 1. The molecule has 1 aromatic carbocycles. The van der Waals surface area contributed by atoms with Crippen molar-refractivity contribution in [2.24, 2.45) is 0 Å². The van der Waals surface area contributed by atoms with E-state index in [1.165, 1.54) is 12.1 Å². The Bertz CT molecular complexity index is 438. The third-order valence-corrected chi connectivity index (χ3v) is 3.69. The van der Waals surface area contributed by atoms with Crippen LogP contribution in [0.1, 0.15) is 10.4 Å². The maximum Gasteiger partial charge on any atom is 0.281 e.